The van der Waals surface area contributed by atoms with Gasteiger partial charge in [-0.2, -0.15) is 0 Å². The number of aromatic nitrogens is 3. The molecule has 1 aromatic heterocycles. The van der Waals surface area contributed by atoms with E-state index in [-0.39, 0.29) is 18.2 Å². The summed E-state index contributed by atoms with van der Waals surface area (Å²) in [7, 11) is 0. The lowest BCUT2D eigenvalue weighted by Crippen LogP contribution is -2.24. The van der Waals surface area contributed by atoms with Crippen molar-refractivity contribution < 1.29 is 9.18 Å². The normalized spacial score (nSPS) is 10.7. The van der Waals surface area contributed by atoms with Gasteiger partial charge in [-0.3, -0.25) is 4.79 Å². The lowest BCUT2D eigenvalue weighted by molar-refractivity contribution is 0.0940. The minimum absolute atomic E-state index is 0.0294. The van der Waals surface area contributed by atoms with Gasteiger partial charge in [-0.25, -0.2) is 14.1 Å². The highest BCUT2D eigenvalue weighted by molar-refractivity contribution is 5.91. The Balaban J connectivity index is 1.67. The Kier molecular flexibility index (Phi) is 5.16. The predicted octanol–water partition coefficient (Wildman–Crippen LogP) is 4.31. The van der Waals surface area contributed by atoms with Crippen LogP contribution >= 0.6 is 0 Å². The number of carbonyl (C=O) groups is 1. The second-order valence-corrected chi connectivity index (χ2v) is 6.65. The molecule has 0 bridgehead atoms. The molecule has 0 atom stereocenters. The molecule has 1 N–H and O–H groups in total. The van der Waals surface area contributed by atoms with Gasteiger partial charge < -0.3 is 5.32 Å². The van der Waals surface area contributed by atoms with E-state index < -0.39 is 5.91 Å². The largest absolute Gasteiger partial charge is 0.345 e. The monoisotopic (exact) mass is 386 g/mol. The third-order valence-corrected chi connectivity index (χ3v) is 4.49. The van der Waals surface area contributed by atoms with Crippen molar-refractivity contribution in [2.24, 2.45) is 0 Å². The lowest BCUT2D eigenvalue weighted by atomic mass is 10.2. The first-order valence-electron chi connectivity index (χ1n) is 9.23. The van der Waals surface area contributed by atoms with Crippen LogP contribution < -0.4 is 5.32 Å². The first-order chi connectivity index (χ1) is 14.1. The van der Waals surface area contributed by atoms with Crippen LogP contribution in [-0.4, -0.2) is 20.7 Å². The number of hydrogen-bond acceptors (Lipinski definition) is 3. The van der Waals surface area contributed by atoms with Crippen LogP contribution in [0.15, 0.2) is 78.9 Å². The first-order valence-corrected chi connectivity index (χ1v) is 9.23. The molecule has 5 nitrogen and oxygen atoms in total. The Hall–Kier alpha value is -3.80. The molecule has 0 aliphatic carbocycles. The summed E-state index contributed by atoms with van der Waals surface area (Å²) in [6.45, 7) is 2.05. The number of rotatable bonds is 5. The molecule has 3 aromatic carbocycles. The summed E-state index contributed by atoms with van der Waals surface area (Å²) in [5.41, 5.74) is 3.13. The smallest absolute Gasteiger partial charge is 0.291 e. The summed E-state index contributed by atoms with van der Waals surface area (Å²) in [6, 6.07) is 23.7. The van der Waals surface area contributed by atoms with Gasteiger partial charge in [0.2, 0.25) is 5.82 Å². The molecule has 0 saturated heterocycles. The number of nitrogens with one attached hydrogen (secondary N) is 1. The van der Waals surface area contributed by atoms with Crippen LogP contribution in [0.4, 0.5) is 4.39 Å². The fourth-order valence-corrected chi connectivity index (χ4v) is 3.02. The van der Waals surface area contributed by atoms with Gasteiger partial charge in [-0.1, -0.05) is 60.7 Å². The van der Waals surface area contributed by atoms with Crippen molar-refractivity contribution in [2.45, 2.75) is 13.5 Å². The molecular formula is C23H19FN4O. The van der Waals surface area contributed by atoms with Crippen molar-refractivity contribution in [2.75, 3.05) is 0 Å². The van der Waals surface area contributed by atoms with E-state index in [0.717, 1.165) is 16.8 Å². The second-order valence-electron chi connectivity index (χ2n) is 6.65. The Morgan fingerprint density at radius 1 is 1.00 bits per heavy atom. The zero-order valence-electron chi connectivity index (χ0n) is 15.8. The minimum atomic E-state index is -0.461. The molecule has 0 unspecified atom stereocenters. The lowest BCUT2D eigenvalue weighted by Gasteiger charge is -2.06. The Bertz CT molecular complexity index is 1150. The van der Waals surface area contributed by atoms with Gasteiger partial charge >= 0.3 is 0 Å². The van der Waals surface area contributed by atoms with Gasteiger partial charge in [0.15, 0.2) is 5.82 Å². The van der Waals surface area contributed by atoms with Crippen molar-refractivity contribution in [1.29, 1.82) is 0 Å². The maximum Gasteiger partial charge on any atom is 0.291 e. The molecule has 29 heavy (non-hydrogen) atoms. The molecule has 144 valence electrons. The van der Waals surface area contributed by atoms with E-state index in [1.54, 1.807) is 22.9 Å². The standard InChI is InChI=1S/C23H19FN4O/c1-16-8-7-12-19(14-16)28-22(17-9-3-2-4-10-17)26-21(27-28)23(29)25-15-18-11-5-6-13-20(18)24/h2-14H,15H2,1H3,(H,25,29). The highest BCUT2D eigenvalue weighted by atomic mass is 19.1. The average molecular weight is 386 g/mol. The number of aryl methyl sites for hydroxylation is 1. The Labute approximate surface area is 167 Å². The third-order valence-electron chi connectivity index (χ3n) is 4.49. The number of nitrogens with zero attached hydrogens (tertiary/aromatic N) is 3. The van der Waals surface area contributed by atoms with Crippen LogP contribution in [0.1, 0.15) is 21.7 Å². The van der Waals surface area contributed by atoms with E-state index in [1.165, 1.54) is 6.07 Å². The van der Waals surface area contributed by atoms with E-state index in [9.17, 15) is 9.18 Å². The maximum absolute atomic E-state index is 13.8. The fourth-order valence-electron chi connectivity index (χ4n) is 3.02. The molecule has 4 aromatic rings. The molecule has 0 radical (unpaired) electrons. The number of halogens is 1. The van der Waals surface area contributed by atoms with Gasteiger partial charge in [0.25, 0.3) is 5.91 Å². The van der Waals surface area contributed by atoms with E-state index in [0.29, 0.717) is 11.4 Å². The van der Waals surface area contributed by atoms with Crippen LogP contribution in [0.5, 0.6) is 0 Å². The highest BCUT2D eigenvalue weighted by Crippen LogP contribution is 2.21. The Morgan fingerprint density at radius 3 is 2.52 bits per heavy atom. The number of amides is 1. The van der Waals surface area contributed by atoms with Crippen LogP contribution in [0.25, 0.3) is 17.1 Å². The van der Waals surface area contributed by atoms with Crippen LogP contribution in [0, 0.1) is 12.7 Å². The molecule has 1 heterocycles. The number of carbonyl (C=O) groups excluding carboxylic acids is 1. The third kappa shape index (κ3) is 4.06. The van der Waals surface area contributed by atoms with Gasteiger partial charge in [0.05, 0.1) is 5.69 Å². The summed E-state index contributed by atoms with van der Waals surface area (Å²) in [6.07, 6.45) is 0. The highest BCUT2D eigenvalue weighted by Gasteiger charge is 2.19. The van der Waals surface area contributed by atoms with Crippen molar-refractivity contribution in [3.63, 3.8) is 0 Å². The topological polar surface area (TPSA) is 59.8 Å². The van der Waals surface area contributed by atoms with E-state index in [2.05, 4.69) is 15.4 Å². The molecule has 0 fully saturated rings. The van der Waals surface area contributed by atoms with Crippen molar-refractivity contribution in [3.05, 3.63) is 102 Å². The zero-order valence-corrected chi connectivity index (χ0v) is 15.8. The van der Waals surface area contributed by atoms with Crippen molar-refractivity contribution in [1.82, 2.24) is 20.1 Å². The first kappa shape index (κ1) is 18.6. The maximum atomic E-state index is 13.8. The Morgan fingerprint density at radius 2 is 1.76 bits per heavy atom. The van der Waals surface area contributed by atoms with E-state index in [4.69, 9.17) is 0 Å². The molecule has 0 spiro atoms. The van der Waals surface area contributed by atoms with Crippen molar-refractivity contribution >= 4 is 5.91 Å². The molecule has 4 rings (SSSR count). The molecule has 6 heteroatoms. The van der Waals surface area contributed by atoms with Crippen LogP contribution in [0.3, 0.4) is 0 Å². The van der Waals surface area contributed by atoms with E-state index in [1.807, 2.05) is 61.5 Å². The van der Waals surface area contributed by atoms with Crippen LogP contribution in [-0.2, 0) is 6.54 Å². The SMILES string of the molecule is Cc1cccc(-n2nc(C(=O)NCc3ccccc3F)nc2-c2ccccc2)c1. The summed E-state index contributed by atoms with van der Waals surface area (Å²) in [4.78, 5) is 17.1. The van der Waals surface area contributed by atoms with E-state index >= 15 is 0 Å². The number of hydrogen-bond donors (Lipinski definition) is 1. The zero-order chi connectivity index (χ0) is 20.2. The second kappa shape index (κ2) is 8.06. The summed E-state index contributed by atoms with van der Waals surface area (Å²) >= 11 is 0. The van der Waals surface area contributed by atoms with Gasteiger partial charge in [0.1, 0.15) is 5.82 Å². The van der Waals surface area contributed by atoms with Crippen LogP contribution in [0.2, 0.25) is 0 Å². The fraction of sp³-hybridized carbons (Fsp3) is 0.0870. The van der Waals surface area contributed by atoms with Gasteiger partial charge in [-0.05, 0) is 30.7 Å². The quantitative estimate of drug-likeness (QED) is 0.556. The molecule has 0 aliphatic heterocycles. The predicted molar refractivity (Wildman–Crippen MR) is 109 cm³/mol. The number of benzene rings is 3. The molecule has 0 aliphatic rings. The van der Waals surface area contributed by atoms with Gasteiger partial charge in [-0.15, -0.1) is 5.10 Å². The van der Waals surface area contributed by atoms with Crippen molar-refractivity contribution in [3.8, 4) is 17.1 Å². The minimum Gasteiger partial charge on any atom is -0.345 e. The van der Waals surface area contributed by atoms with Gasteiger partial charge in [0, 0.05) is 17.7 Å². The average Bonchev–Trinajstić information content (AvgIpc) is 3.19. The molecule has 1 amide bonds. The molecule has 0 saturated carbocycles. The summed E-state index contributed by atoms with van der Waals surface area (Å²) in [5.74, 6) is -0.234. The summed E-state index contributed by atoms with van der Waals surface area (Å²) < 4.78 is 15.5. The molecular weight excluding hydrogens is 367 g/mol. The summed E-state index contributed by atoms with van der Waals surface area (Å²) in [5, 5.41) is 7.13.